The molecule has 37 heavy (non-hydrogen) atoms. The predicted molar refractivity (Wildman–Crippen MR) is 141 cm³/mol. The van der Waals surface area contributed by atoms with E-state index in [2.05, 4.69) is 52.4 Å². The normalized spacial score (nSPS) is 14.6. The summed E-state index contributed by atoms with van der Waals surface area (Å²) in [6, 6.07) is 9.05. The Bertz CT molecular complexity index is 1450. The first-order chi connectivity index (χ1) is 17.9. The van der Waals surface area contributed by atoms with Crippen molar-refractivity contribution < 1.29 is 9.18 Å². The second kappa shape index (κ2) is 10.6. The third-order valence-electron chi connectivity index (χ3n) is 5.93. The molecule has 0 unspecified atom stereocenters. The molecule has 0 saturated carbocycles. The van der Waals surface area contributed by atoms with Crippen molar-refractivity contribution in [1.82, 2.24) is 29.8 Å². The lowest BCUT2D eigenvalue weighted by Gasteiger charge is -2.33. The van der Waals surface area contributed by atoms with Gasteiger partial charge in [0.15, 0.2) is 0 Å². The number of pyridine rings is 3. The fourth-order valence-electron chi connectivity index (χ4n) is 4.01. The summed E-state index contributed by atoms with van der Waals surface area (Å²) >= 11 is 0. The van der Waals surface area contributed by atoms with E-state index in [9.17, 15) is 9.18 Å². The first-order valence-corrected chi connectivity index (χ1v) is 11.8. The summed E-state index contributed by atoms with van der Waals surface area (Å²) in [4.78, 5) is 39.1. The van der Waals surface area contributed by atoms with Gasteiger partial charge in [0.25, 0.3) is 5.91 Å². The van der Waals surface area contributed by atoms with Crippen LogP contribution in [-0.2, 0) is 4.79 Å². The fourth-order valence-corrected chi connectivity index (χ4v) is 4.01. The molecule has 4 aromatic heterocycles. The number of likely N-dealkylation sites (N-methyl/N-ethyl adjacent to an activating group) is 1. The second-order valence-electron chi connectivity index (χ2n) is 8.76. The van der Waals surface area contributed by atoms with E-state index in [1.807, 2.05) is 18.2 Å². The molecule has 0 bridgehead atoms. The highest BCUT2D eigenvalue weighted by Gasteiger charge is 2.15. The Hall–Kier alpha value is -4.51. The van der Waals surface area contributed by atoms with Crippen LogP contribution in [0.25, 0.3) is 22.3 Å². The van der Waals surface area contributed by atoms with Crippen LogP contribution < -0.4 is 15.5 Å². The van der Waals surface area contributed by atoms with Gasteiger partial charge >= 0.3 is 0 Å². The zero-order valence-electron chi connectivity index (χ0n) is 20.5. The van der Waals surface area contributed by atoms with E-state index in [0.717, 1.165) is 49.1 Å². The Kier molecular flexibility index (Phi) is 6.95. The summed E-state index contributed by atoms with van der Waals surface area (Å²) < 4.78 is 13.0. The van der Waals surface area contributed by atoms with Gasteiger partial charge in [-0.25, -0.2) is 19.3 Å². The number of anilines is 4. The Morgan fingerprint density at radius 3 is 2.54 bits per heavy atom. The average Bonchev–Trinajstić information content (AvgIpc) is 2.89. The van der Waals surface area contributed by atoms with E-state index < -0.39 is 11.7 Å². The number of aromatic nitrogens is 5. The van der Waals surface area contributed by atoms with Gasteiger partial charge in [-0.05, 0) is 44.3 Å². The quantitative estimate of drug-likeness (QED) is 0.383. The van der Waals surface area contributed by atoms with Gasteiger partial charge in [-0.2, -0.15) is 0 Å². The van der Waals surface area contributed by atoms with Crippen molar-refractivity contribution in [2.75, 3.05) is 48.8 Å². The van der Waals surface area contributed by atoms with Gasteiger partial charge in [-0.3, -0.25) is 14.8 Å². The largest absolute Gasteiger partial charge is 0.354 e. The van der Waals surface area contributed by atoms with E-state index >= 15 is 0 Å². The molecule has 188 valence electrons. The maximum absolute atomic E-state index is 13.0. The molecule has 4 aromatic rings. The Balaban J connectivity index is 1.38. The van der Waals surface area contributed by atoms with Crippen molar-refractivity contribution in [2.24, 2.45) is 0 Å². The summed E-state index contributed by atoms with van der Waals surface area (Å²) in [5.74, 6) is 0.191. The van der Waals surface area contributed by atoms with E-state index in [1.54, 1.807) is 36.9 Å². The molecular formula is C26H26FN9O. The topological polar surface area (TPSA) is 112 Å². The molecule has 0 aromatic carbocycles. The van der Waals surface area contributed by atoms with Crippen LogP contribution in [0.3, 0.4) is 0 Å². The lowest BCUT2D eigenvalue weighted by atomic mass is 10.1. The molecule has 5 heterocycles. The van der Waals surface area contributed by atoms with Gasteiger partial charge in [0.1, 0.15) is 22.9 Å². The van der Waals surface area contributed by atoms with E-state index in [-0.39, 0.29) is 0 Å². The number of carbonyl (C=O) groups is 1. The fraction of sp³-hybridized carbons (Fsp3) is 0.231. The van der Waals surface area contributed by atoms with Gasteiger partial charge in [0.05, 0.1) is 17.6 Å². The van der Waals surface area contributed by atoms with Crippen molar-refractivity contribution in [1.29, 1.82) is 0 Å². The molecule has 11 heteroatoms. The third kappa shape index (κ3) is 5.84. The maximum atomic E-state index is 13.0. The number of allylic oxidation sites excluding steroid dienone is 1. The zero-order valence-corrected chi connectivity index (χ0v) is 20.5. The van der Waals surface area contributed by atoms with Crippen LogP contribution in [0.1, 0.15) is 6.92 Å². The van der Waals surface area contributed by atoms with Gasteiger partial charge < -0.3 is 20.4 Å². The Morgan fingerprint density at radius 2 is 1.78 bits per heavy atom. The third-order valence-corrected chi connectivity index (χ3v) is 5.93. The molecule has 1 aliphatic rings. The molecular weight excluding hydrogens is 473 g/mol. The summed E-state index contributed by atoms with van der Waals surface area (Å²) in [7, 11) is 2.13. The van der Waals surface area contributed by atoms with Crippen LogP contribution in [0.15, 0.2) is 67.0 Å². The van der Waals surface area contributed by atoms with E-state index in [4.69, 9.17) is 0 Å². The smallest absolute Gasteiger partial charge is 0.250 e. The number of fused-ring (bicyclic) bond motifs is 1. The first kappa shape index (κ1) is 24.2. The molecule has 5 rings (SSSR count). The minimum absolute atomic E-state index is 0.393. The SMILES string of the molecule is C/C(F)=C\C(=O)Nc1ccnc(-c2nccc3cnc(Nc4ccc(N5CCN(C)CC5)nc4)nc23)c1. The number of nitrogens with zero attached hydrogens (tertiary/aromatic N) is 7. The number of piperazine rings is 1. The molecule has 0 radical (unpaired) electrons. The van der Waals surface area contributed by atoms with Gasteiger partial charge in [0.2, 0.25) is 5.95 Å². The number of amides is 1. The number of hydrogen-bond acceptors (Lipinski definition) is 9. The monoisotopic (exact) mass is 499 g/mol. The Labute approximate surface area is 213 Å². The minimum Gasteiger partial charge on any atom is -0.354 e. The lowest BCUT2D eigenvalue weighted by molar-refractivity contribution is -0.112. The molecule has 1 saturated heterocycles. The van der Waals surface area contributed by atoms with Gasteiger partial charge in [0, 0.05) is 61.9 Å². The van der Waals surface area contributed by atoms with Crippen molar-refractivity contribution in [3.05, 3.63) is 67.0 Å². The molecule has 0 spiro atoms. The first-order valence-electron chi connectivity index (χ1n) is 11.8. The highest BCUT2D eigenvalue weighted by Crippen LogP contribution is 2.26. The van der Waals surface area contributed by atoms with Gasteiger partial charge in [-0.15, -0.1) is 0 Å². The van der Waals surface area contributed by atoms with E-state index in [0.29, 0.717) is 28.5 Å². The average molecular weight is 500 g/mol. The summed E-state index contributed by atoms with van der Waals surface area (Å²) in [5, 5.41) is 6.62. The van der Waals surface area contributed by atoms with Crippen molar-refractivity contribution in [3.63, 3.8) is 0 Å². The van der Waals surface area contributed by atoms with E-state index in [1.165, 1.54) is 6.92 Å². The molecule has 0 aliphatic carbocycles. The maximum Gasteiger partial charge on any atom is 0.250 e. The second-order valence-corrected chi connectivity index (χ2v) is 8.76. The number of nitrogens with one attached hydrogen (secondary N) is 2. The summed E-state index contributed by atoms with van der Waals surface area (Å²) in [6.07, 6.45) is 7.56. The molecule has 10 nitrogen and oxygen atoms in total. The van der Waals surface area contributed by atoms with Crippen LogP contribution >= 0.6 is 0 Å². The standard InChI is InChI=1S/C26H26FN9O/c1-17(27)13-23(37)32-19-6-8-28-21(14-19)25-24-18(5-7-29-25)15-31-26(34-24)33-20-3-4-22(30-16-20)36-11-9-35(2)10-12-36/h3-8,13-16H,9-12H2,1-2H3,(H,28,32,37)(H,31,33,34)/b17-13+. The minimum atomic E-state index is -0.580. The highest BCUT2D eigenvalue weighted by atomic mass is 19.1. The number of halogens is 1. The summed E-state index contributed by atoms with van der Waals surface area (Å²) in [6.45, 7) is 5.14. The number of hydrogen-bond donors (Lipinski definition) is 2. The van der Waals surface area contributed by atoms with Crippen LogP contribution in [0.5, 0.6) is 0 Å². The molecule has 1 fully saturated rings. The number of rotatable bonds is 6. The number of carbonyl (C=O) groups excluding carboxylic acids is 1. The van der Waals surface area contributed by atoms with Crippen molar-refractivity contribution in [2.45, 2.75) is 6.92 Å². The molecule has 1 aliphatic heterocycles. The van der Waals surface area contributed by atoms with Gasteiger partial charge in [-0.1, -0.05) is 0 Å². The van der Waals surface area contributed by atoms with Crippen molar-refractivity contribution in [3.8, 4) is 11.4 Å². The highest BCUT2D eigenvalue weighted by molar-refractivity contribution is 6.00. The van der Waals surface area contributed by atoms with Crippen LogP contribution in [-0.4, -0.2) is 69.0 Å². The lowest BCUT2D eigenvalue weighted by Crippen LogP contribution is -2.44. The van der Waals surface area contributed by atoms with Crippen LogP contribution in [0, 0.1) is 0 Å². The zero-order chi connectivity index (χ0) is 25.8. The predicted octanol–water partition coefficient (Wildman–Crippen LogP) is 3.79. The van der Waals surface area contributed by atoms with Crippen molar-refractivity contribution >= 4 is 40.0 Å². The Morgan fingerprint density at radius 1 is 0.973 bits per heavy atom. The van der Waals surface area contributed by atoms with Crippen LogP contribution in [0.4, 0.5) is 27.5 Å². The molecule has 1 amide bonds. The van der Waals surface area contributed by atoms with Crippen LogP contribution in [0.2, 0.25) is 0 Å². The molecule has 2 N–H and O–H groups in total. The molecule has 0 atom stereocenters. The summed E-state index contributed by atoms with van der Waals surface area (Å²) in [5.41, 5.74) is 2.86.